The lowest BCUT2D eigenvalue weighted by molar-refractivity contribution is -0.133. The number of thiophene rings is 1. The van der Waals surface area contributed by atoms with E-state index < -0.39 is 0 Å². The van der Waals surface area contributed by atoms with Gasteiger partial charge in [-0.25, -0.2) is 4.98 Å². The van der Waals surface area contributed by atoms with Crippen LogP contribution in [-0.4, -0.2) is 33.4 Å². The summed E-state index contributed by atoms with van der Waals surface area (Å²) in [5.41, 5.74) is -0.111. The second-order valence-corrected chi connectivity index (χ2v) is 7.14. The summed E-state index contributed by atoms with van der Waals surface area (Å²) < 4.78 is 1.44. The van der Waals surface area contributed by atoms with Crippen LogP contribution in [0.4, 0.5) is 0 Å². The molecule has 5 nitrogen and oxygen atoms in total. The first-order chi connectivity index (χ1) is 10.6. The molecule has 0 spiro atoms. The zero-order valence-corrected chi connectivity index (χ0v) is 13.9. The fourth-order valence-corrected chi connectivity index (χ4v) is 3.73. The molecule has 2 aromatic rings. The molecule has 0 atom stereocenters. The summed E-state index contributed by atoms with van der Waals surface area (Å²) >= 11 is 1.55. The highest BCUT2D eigenvalue weighted by molar-refractivity contribution is 7.18. The van der Waals surface area contributed by atoms with Crippen LogP contribution in [0.3, 0.4) is 0 Å². The molecule has 22 heavy (non-hydrogen) atoms. The van der Waals surface area contributed by atoms with Crippen molar-refractivity contribution >= 4 is 27.5 Å². The van der Waals surface area contributed by atoms with Gasteiger partial charge in [-0.15, -0.1) is 11.3 Å². The highest BCUT2D eigenvalue weighted by Crippen LogP contribution is 2.21. The average molecular weight is 319 g/mol. The molecule has 1 aliphatic rings. The maximum Gasteiger partial charge on any atom is 0.262 e. The third-order valence-electron chi connectivity index (χ3n) is 4.36. The number of piperidine rings is 1. The maximum absolute atomic E-state index is 12.5. The molecule has 0 N–H and O–H groups in total. The van der Waals surface area contributed by atoms with Crippen molar-refractivity contribution in [1.82, 2.24) is 14.5 Å². The summed E-state index contributed by atoms with van der Waals surface area (Å²) in [6.07, 6.45) is 4.49. The minimum Gasteiger partial charge on any atom is -0.341 e. The number of fused-ring (bicyclic) bond motifs is 1. The van der Waals surface area contributed by atoms with E-state index in [0.29, 0.717) is 11.3 Å². The van der Waals surface area contributed by atoms with Crippen LogP contribution in [0, 0.1) is 5.92 Å². The standard InChI is InChI=1S/C16H21N3O2S/c1-3-12-8-13-15(22-12)17-10-19(16(13)21)9-14(20)18-6-4-11(2)5-7-18/h8,10-11H,3-7,9H2,1-2H3. The van der Waals surface area contributed by atoms with Crippen molar-refractivity contribution in [1.29, 1.82) is 0 Å². The van der Waals surface area contributed by atoms with Crippen LogP contribution in [0.1, 0.15) is 31.6 Å². The Kier molecular flexibility index (Phi) is 4.29. The van der Waals surface area contributed by atoms with Crippen LogP contribution in [0.5, 0.6) is 0 Å². The van der Waals surface area contributed by atoms with E-state index in [-0.39, 0.29) is 18.0 Å². The fraction of sp³-hybridized carbons (Fsp3) is 0.562. The number of rotatable bonds is 3. The van der Waals surface area contributed by atoms with Crippen LogP contribution < -0.4 is 5.56 Å². The number of hydrogen-bond donors (Lipinski definition) is 0. The summed E-state index contributed by atoms with van der Waals surface area (Å²) in [7, 11) is 0. The number of likely N-dealkylation sites (tertiary alicyclic amines) is 1. The minimum absolute atomic E-state index is 0.0149. The number of carbonyl (C=O) groups excluding carboxylic acids is 1. The van der Waals surface area contributed by atoms with E-state index in [9.17, 15) is 9.59 Å². The molecule has 1 fully saturated rings. The van der Waals surface area contributed by atoms with Crippen molar-refractivity contribution < 1.29 is 4.79 Å². The van der Waals surface area contributed by atoms with Gasteiger partial charge in [0.1, 0.15) is 11.4 Å². The van der Waals surface area contributed by atoms with Gasteiger partial charge in [0.2, 0.25) is 5.91 Å². The van der Waals surface area contributed by atoms with Gasteiger partial charge in [-0.1, -0.05) is 13.8 Å². The van der Waals surface area contributed by atoms with Crippen LogP contribution in [0.15, 0.2) is 17.2 Å². The highest BCUT2D eigenvalue weighted by atomic mass is 32.1. The van der Waals surface area contributed by atoms with Gasteiger partial charge in [0.15, 0.2) is 0 Å². The van der Waals surface area contributed by atoms with Crippen LogP contribution in [-0.2, 0) is 17.8 Å². The summed E-state index contributed by atoms with van der Waals surface area (Å²) in [6, 6.07) is 1.90. The minimum atomic E-state index is -0.111. The second-order valence-electron chi connectivity index (χ2n) is 6.03. The van der Waals surface area contributed by atoms with Crippen molar-refractivity contribution in [2.24, 2.45) is 5.92 Å². The molecular weight excluding hydrogens is 298 g/mol. The Morgan fingerprint density at radius 2 is 2.14 bits per heavy atom. The first-order valence-electron chi connectivity index (χ1n) is 7.84. The van der Waals surface area contributed by atoms with Gasteiger partial charge in [0.05, 0.1) is 11.7 Å². The molecule has 6 heteroatoms. The SMILES string of the molecule is CCc1cc2c(=O)n(CC(=O)N3CCC(C)CC3)cnc2s1. The Morgan fingerprint density at radius 3 is 2.82 bits per heavy atom. The lowest BCUT2D eigenvalue weighted by atomic mass is 9.99. The zero-order chi connectivity index (χ0) is 15.7. The predicted molar refractivity (Wildman–Crippen MR) is 88.2 cm³/mol. The van der Waals surface area contributed by atoms with Gasteiger partial charge in [-0.05, 0) is 31.2 Å². The Labute approximate surface area is 133 Å². The first-order valence-corrected chi connectivity index (χ1v) is 8.65. The van der Waals surface area contributed by atoms with E-state index in [4.69, 9.17) is 0 Å². The van der Waals surface area contributed by atoms with Crippen molar-refractivity contribution in [3.8, 4) is 0 Å². The lowest BCUT2D eigenvalue weighted by Gasteiger charge is -2.30. The number of carbonyl (C=O) groups is 1. The number of aromatic nitrogens is 2. The van der Waals surface area contributed by atoms with Crippen molar-refractivity contribution in [3.63, 3.8) is 0 Å². The smallest absolute Gasteiger partial charge is 0.262 e. The quantitative estimate of drug-likeness (QED) is 0.872. The fourth-order valence-electron chi connectivity index (χ4n) is 2.80. The van der Waals surface area contributed by atoms with Gasteiger partial charge >= 0.3 is 0 Å². The maximum atomic E-state index is 12.5. The Morgan fingerprint density at radius 1 is 1.41 bits per heavy atom. The molecular formula is C16H21N3O2S. The van der Waals surface area contributed by atoms with Gasteiger partial charge in [0.25, 0.3) is 5.56 Å². The predicted octanol–water partition coefficient (Wildman–Crippen LogP) is 2.28. The third kappa shape index (κ3) is 2.92. The summed E-state index contributed by atoms with van der Waals surface area (Å²) in [5, 5.41) is 0.629. The van der Waals surface area contributed by atoms with Gasteiger partial charge in [-0.3, -0.25) is 14.2 Å². The molecule has 0 unspecified atom stereocenters. The van der Waals surface area contributed by atoms with Crippen LogP contribution in [0.25, 0.3) is 10.2 Å². The van der Waals surface area contributed by atoms with E-state index in [1.165, 1.54) is 10.9 Å². The van der Waals surface area contributed by atoms with E-state index >= 15 is 0 Å². The van der Waals surface area contributed by atoms with Gasteiger partial charge in [-0.2, -0.15) is 0 Å². The monoisotopic (exact) mass is 319 g/mol. The summed E-state index contributed by atoms with van der Waals surface area (Å²) in [5.74, 6) is 0.698. The van der Waals surface area contributed by atoms with Crippen molar-refractivity contribution in [2.75, 3.05) is 13.1 Å². The Bertz CT molecular complexity index is 741. The first kappa shape index (κ1) is 15.2. The van der Waals surface area contributed by atoms with Crippen molar-refractivity contribution in [3.05, 3.63) is 27.6 Å². The largest absolute Gasteiger partial charge is 0.341 e. The number of amides is 1. The lowest BCUT2D eigenvalue weighted by Crippen LogP contribution is -2.41. The molecule has 118 valence electrons. The normalized spacial score (nSPS) is 16.4. The topological polar surface area (TPSA) is 55.2 Å². The molecule has 0 bridgehead atoms. The molecule has 3 rings (SSSR count). The molecule has 0 aromatic carbocycles. The second kappa shape index (κ2) is 6.20. The Balaban J connectivity index is 1.80. The molecule has 3 heterocycles. The van der Waals surface area contributed by atoms with Gasteiger partial charge < -0.3 is 4.90 Å². The van der Waals surface area contributed by atoms with E-state index in [0.717, 1.165) is 42.1 Å². The molecule has 0 saturated carbocycles. The highest BCUT2D eigenvalue weighted by Gasteiger charge is 2.21. The van der Waals surface area contributed by atoms with E-state index in [2.05, 4.69) is 18.8 Å². The molecule has 2 aromatic heterocycles. The van der Waals surface area contributed by atoms with Crippen LogP contribution in [0.2, 0.25) is 0 Å². The van der Waals surface area contributed by atoms with E-state index in [1.807, 2.05) is 11.0 Å². The zero-order valence-electron chi connectivity index (χ0n) is 13.0. The van der Waals surface area contributed by atoms with Gasteiger partial charge in [0, 0.05) is 18.0 Å². The number of aryl methyl sites for hydroxylation is 1. The molecule has 0 radical (unpaired) electrons. The molecule has 0 aliphatic carbocycles. The number of nitrogens with zero attached hydrogens (tertiary/aromatic N) is 3. The Hall–Kier alpha value is -1.69. The van der Waals surface area contributed by atoms with Crippen molar-refractivity contribution in [2.45, 2.75) is 39.7 Å². The molecule has 1 aliphatic heterocycles. The summed E-state index contributed by atoms with van der Waals surface area (Å²) in [6.45, 7) is 5.95. The van der Waals surface area contributed by atoms with Crippen LogP contribution >= 0.6 is 11.3 Å². The molecule has 1 saturated heterocycles. The summed E-state index contributed by atoms with van der Waals surface area (Å²) in [4.78, 5) is 33.0. The van der Waals surface area contributed by atoms with E-state index in [1.54, 1.807) is 11.3 Å². The molecule has 1 amide bonds. The average Bonchev–Trinajstić information content (AvgIpc) is 2.95. The number of hydrogen-bond acceptors (Lipinski definition) is 4. The third-order valence-corrected chi connectivity index (χ3v) is 5.55.